The average Bonchev–Trinajstić information content (AvgIpc) is 3.64. The third-order valence-electron chi connectivity index (χ3n) is 6.33. The van der Waals surface area contributed by atoms with Gasteiger partial charge in [0.2, 0.25) is 5.91 Å². The van der Waals surface area contributed by atoms with E-state index >= 15 is 0 Å². The highest BCUT2D eigenvalue weighted by atomic mass is 16.5. The van der Waals surface area contributed by atoms with Crippen LogP contribution in [0.3, 0.4) is 0 Å². The second-order valence-electron chi connectivity index (χ2n) is 8.70. The maximum atomic E-state index is 13.6. The predicted octanol–water partition coefficient (Wildman–Crippen LogP) is 3.30. The Labute approximate surface area is 193 Å². The Morgan fingerprint density at radius 2 is 1.70 bits per heavy atom. The second kappa shape index (κ2) is 9.10. The van der Waals surface area contributed by atoms with Gasteiger partial charge in [-0.05, 0) is 30.5 Å². The van der Waals surface area contributed by atoms with Crippen LogP contribution in [0.25, 0.3) is 11.3 Å². The molecule has 0 atom stereocenters. The van der Waals surface area contributed by atoms with Crippen LogP contribution < -0.4 is 4.74 Å². The molecule has 0 N–H and O–H groups in total. The Bertz CT molecular complexity index is 1150. The molecule has 2 aliphatic rings. The minimum atomic E-state index is -0.0503. The highest BCUT2D eigenvalue weighted by Gasteiger charge is 2.35. The van der Waals surface area contributed by atoms with Gasteiger partial charge < -0.3 is 14.5 Å². The third kappa shape index (κ3) is 4.62. The number of hydrogen-bond donors (Lipinski definition) is 0. The summed E-state index contributed by atoms with van der Waals surface area (Å²) in [5.41, 5.74) is 3.17. The van der Waals surface area contributed by atoms with Crippen LogP contribution in [0.4, 0.5) is 0 Å². The van der Waals surface area contributed by atoms with Gasteiger partial charge in [0.15, 0.2) is 0 Å². The topological polar surface area (TPSA) is 67.7 Å². The minimum Gasteiger partial charge on any atom is -0.497 e. The van der Waals surface area contributed by atoms with E-state index in [1.54, 1.807) is 7.11 Å². The van der Waals surface area contributed by atoms with Gasteiger partial charge in [-0.2, -0.15) is 5.10 Å². The van der Waals surface area contributed by atoms with Gasteiger partial charge in [0.1, 0.15) is 11.4 Å². The monoisotopic (exact) mass is 444 g/mol. The first-order chi connectivity index (χ1) is 16.1. The number of aromatic nitrogens is 2. The summed E-state index contributed by atoms with van der Waals surface area (Å²) in [6.07, 6.45) is 3.84. The summed E-state index contributed by atoms with van der Waals surface area (Å²) in [5.74, 6) is 1.12. The lowest BCUT2D eigenvalue weighted by Gasteiger charge is -2.34. The van der Waals surface area contributed by atoms with Crippen molar-refractivity contribution in [2.45, 2.75) is 19.4 Å². The Morgan fingerprint density at radius 1 is 0.970 bits per heavy atom. The van der Waals surface area contributed by atoms with Crippen molar-refractivity contribution in [3.63, 3.8) is 0 Å². The molecule has 5 rings (SSSR count). The van der Waals surface area contributed by atoms with Crippen LogP contribution in [0.1, 0.15) is 28.8 Å². The van der Waals surface area contributed by atoms with E-state index in [1.165, 1.54) is 0 Å². The van der Waals surface area contributed by atoms with E-state index in [4.69, 9.17) is 9.84 Å². The zero-order valence-corrected chi connectivity index (χ0v) is 18.8. The van der Waals surface area contributed by atoms with Gasteiger partial charge in [0.05, 0.1) is 19.2 Å². The highest BCUT2D eigenvalue weighted by molar-refractivity contribution is 6.00. The number of carbonyl (C=O) groups is 2. The van der Waals surface area contributed by atoms with Crippen molar-refractivity contribution in [2.24, 2.45) is 5.92 Å². The summed E-state index contributed by atoms with van der Waals surface area (Å²) in [4.78, 5) is 29.7. The molecular formula is C26H28N4O3. The van der Waals surface area contributed by atoms with E-state index in [0.29, 0.717) is 44.0 Å². The fourth-order valence-corrected chi connectivity index (χ4v) is 4.30. The first-order valence-corrected chi connectivity index (χ1v) is 11.5. The summed E-state index contributed by atoms with van der Waals surface area (Å²) in [6.45, 7) is 2.84. The molecule has 2 amide bonds. The van der Waals surface area contributed by atoms with Crippen molar-refractivity contribution < 1.29 is 14.3 Å². The lowest BCUT2D eigenvalue weighted by Crippen LogP contribution is -2.51. The standard InChI is InChI=1S/C26H28N4O3/c1-33-22-9-5-8-21(16-22)24-23(18-30(27-24)17-19-6-3-2-4-7-19)26(32)29-14-12-28(13-15-29)25(31)20-10-11-20/h2-9,16,18,20H,10-15,17H2,1H3. The number of benzene rings is 2. The summed E-state index contributed by atoms with van der Waals surface area (Å²) >= 11 is 0. The molecule has 0 bridgehead atoms. The third-order valence-corrected chi connectivity index (χ3v) is 6.33. The minimum absolute atomic E-state index is 0.0503. The Kier molecular flexibility index (Phi) is 5.86. The molecule has 7 heteroatoms. The predicted molar refractivity (Wildman–Crippen MR) is 125 cm³/mol. The molecule has 1 aliphatic carbocycles. The Morgan fingerprint density at radius 3 is 2.39 bits per heavy atom. The number of ether oxygens (including phenoxy) is 1. The number of hydrogen-bond acceptors (Lipinski definition) is 4. The van der Waals surface area contributed by atoms with Crippen LogP contribution in [-0.2, 0) is 11.3 Å². The van der Waals surface area contributed by atoms with Crippen LogP contribution in [0.15, 0.2) is 60.8 Å². The molecule has 7 nitrogen and oxygen atoms in total. The molecule has 2 fully saturated rings. The molecule has 0 spiro atoms. The van der Waals surface area contributed by atoms with Crippen LogP contribution in [-0.4, -0.2) is 64.7 Å². The van der Waals surface area contributed by atoms with Gasteiger partial charge in [-0.15, -0.1) is 0 Å². The maximum Gasteiger partial charge on any atom is 0.257 e. The van der Waals surface area contributed by atoms with Gasteiger partial charge in [-0.25, -0.2) is 0 Å². The zero-order chi connectivity index (χ0) is 22.8. The summed E-state index contributed by atoms with van der Waals surface area (Å²) in [6, 6.07) is 17.7. The molecule has 170 valence electrons. The van der Waals surface area contributed by atoms with Gasteiger partial charge in [0, 0.05) is 43.9 Å². The number of amides is 2. The normalized spacial score (nSPS) is 16.0. The molecular weight excluding hydrogens is 416 g/mol. The van der Waals surface area contributed by atoms with E-state index in [9.17, 15) is 9.59 Å². The van der Waals surface area contributed by atoms with Crippen molar-refractivity contribution in [1.82, 2.24) is 19.6 Å². The van der Waals surface area contributed by atoms with Crippen LogP contribution >= 0.6 is 0 Å². The summed E-state index contributed by atoms with van der Waals surface area (Å²) < 4.78 is 7.21. The van der Waals surface area contributed by atoms with Crippen molar-refractivity contribution in [3.05, 3.63) is 71.9 Å². The van der Waals surface area contributed by atoms with Crippen molar-refractivity contribution in [3.8, 4) is 17.0 Å². The van der Waals surface area contributed by atoms with Gasteiger partial charge in [-0.3, -0.25) is 14.3 Å². The van der Waals surface area contributed by atoms with E-state index < -0.39 is 0 Å². The molecule has 1 aliphatic heterocycles. The van der Waals surface area contributed by atoms with Crippen molar-refractivity contribution in [2.75, 3.05) is 33.3 Å². The quantitative estimate of drug-likeness (QED) is 0.585. The van der Waals surface area contributed by atoms with Crippen LogP contribution in [0, 0.1) is 5.92 Å². The molecule has 3 aromatic rings. The number of nitrogens with zero attached hydrogens (tertiary/aromatic N) is 4. The average molecular weight is 445 g/mol. The fourth-order valence-electron chi connectivity index (χ4n) is 4.30. The second-order valence-corrected chi connectivity index (χ2v) is 8.70. The Balaban J connectivity index is 1.41. The molecule has 0 unspecified atom stereocenters. The number of piperazine rings is 1. The first-order valence-electron chi connectivity index (χ1n) is 11.5. The van der Waals surface area contributed by atoms with E-state index in [1.807, 2.05) is 75.3 Å². The van der Waals surface area contributed by atoms with Gasteiger partial charge in [-0.1, -0.05) is 42.5 Å². The van der Waals surface area contributed by atoms with Crippen molar-refractivity contribution >= 4 is 11.8 Å². The highest BCUT2D eigenvalue weighted by Crippen LogP contribution is 2.32. The zero-order valence-electron chi connectivity index (χ0n) is 18.8. The molecule has 2 heterocycles. The van der Waals surface area contributed by atoms with E-state index in [2.05, 4.69) is 0 Å². The van der Waals surface area contributed by atoms with Gasteiger partial charge in [0.25, 0.3) is 5.91 Å². The first kappa shape index (κ1) is 21.2. The lowest BCUT2D eigenvalue weighted by atomic mass is 10.1. The summed E-state index contributed by atoms with van der Waals surface area (Å²) in [5, 5.41) is 4.79. The molecule has 0 radical (unpaired) electrons. The van der Waals surface area contributed by atoms with E-state index in [0.717, 1.165) is 29.7 Å². The largest absolute Gasteiger partial charge is 0.497 e. The van der Waals surface area contributed by atoms with Crippen molar-refractivity contribution in [1.29, 1.82) is 0 Å². The molecule has 33 heavy (non-hydrogen) atoms. The molecule has 1 aromatic heterocycles. The molecule has 1 saturated carbocycles. The molecule has 1 saturated heterocycles. The van der Waals surface area contributed by atoms with Crippen LogP contribution in [0.5, 0.6) is 5.75 Å². The fraction of sp³-hybridized carbons (Fsp3) is 0.346. The molecule has 2 aromatic carbocycles. The number of carbonyl (C=O) groups excluding carboxylic acids is 2. The number of rotatable bonds is 6. The Hall–Kier alpha value is -3.61. The number of methoxy groups -OCH3 is 1. The maximum absolute atomic E-state index is 13.6. The smallest absolute Gasteiger partial charge is 0.257 e. The lowest BCUT2D eigenvalue weighted by molar-refractivity contribution is -0.134. The summed E-state index contributed by atoms with van der Waals surface area (Å²) in [7, 11) is 1.63. The SMILES string of the molecule is COc1cccc(-c2nn(Cc3ccccc3)cc2C(=O)N2CCN(C(=O)C3CC3)CC2)c1. The van der Waals surface area contributed by atoms with E-state index in [-0.39, 0.29) is 17.7 Å². The van der Waals surface area contributed by atoms with Gasteiger partial charge >= 0.3 is 0 Å². The van der Waals surface area contributed by atoms with Crippen LogP contribution in [0.2, 0.25) is 0 Å².